The van der Waals surface area contributed by atoms with E-state index in [9.17, 15) is 0 Å². The Kier molecular flexibility index (Phi) is 6.99. The third kappa shape index (κ3) is 4.58. The Labute approximate surface area is 355 Å². The SMILES string of the molecule is CC1(C)c2ccccc2-c2ccc(N(c3ccccc3)c3ccc(-c4ccc5c(c4)C4(c6ccccc6O5)c5ccccc5-n5c6ccccc6c6cccc4c65)cc3)cc21. The van der Waals surface area contributed by atoms with E-state index in [1.165, 1.54) is 60.9 Å². The molecule has 61 heavy (non-hydrogen) atoms. The van der Waals surface area contributed by atoms with Crippen LogP contribution in [0.4, 0.5) is 17.1 Å². The van der Waals surface area contributed by atoms with Crippen molar-refractivity contribution in [3.63, 3.8) is 0 Å². The van der Waals surface area contributed by atoms with Gasteiger partial charge in [0.1, 0.15) is 11.5 Å². The van der Waals surface area contributed by atoms with Gasteiger partial charge < -0.3 is 14.2 Å². The molecule has 0 N–H and O–H groups in total. The molecule has 1 atom stereocenters. The van der Waals surface area contributed by atoms with Crippen molar-refractivity contribution in [2.24, 2.45) is 0 Å². The molecule has 3 aliphatic rings. The molecule has 0 bridgehead atoms. The molecule has 3 heteroatoms. The highest BCUT2D eigenvalue weighted by molar-refractivity contribution is 6.12. The maximum absolute atomic E-state index is 6.86. The number of aromatic nitrogens is 1. The standard InChI is InChI=1S/C58H40N2O/c1-57(2)46-20-8-6-17-42(46)43-33-32-41(36-50(43)57)59(39-15-4-3-5-16-39)40-30-27-37(28-31-40)38-29-34-55-51(35-38)58(48-22-10-13-26-54(48)61-55)47-21-9-12-25-53(47)60-52-24-11-7-18-44(52)45-19-14-23-49(58)56(45)60/h3-36H,1-2H3. The van der Waals surface area contributed by atoms with Crippen molar-refractivity contribution in [2.75, 3.05) is 4.90 Å². The first-order valence-electron chi connectivity index (χ1n) is 21.3. The quantitative estimate of drug-likeness (QED) is 0.177. The van der Waals surface area contributed by atoms with E-state index in [1.807, 2.05) is 0 Å². The average Bonchev–Trinajstić information content (AvgIpc) is 3.77. The zero-order valence-electron chi connectivity index (χ0n) is 33.9. The second kappa shape index (κ2) is 12.5. The van der Waals surface area contributed by atoms with E-state index in [-0.39, 0.29) is 5.41 Å². The predicted octanol–water partition coefficient (Wildman–Crippen LogP) is 15.0. The third-order valence-corrected chi connectivity index (χ3v) is 13.8. The first kappa shape index (κ1) is 34.3. The van der Waals surface area contributed by atoms with Crippen LogP contribution in [0.1, 0.15) is 47.2 Å². The predicted molar refractivity (Wildman–Crippen MR) is 250 cm³/mol. The van der Waals surface area contributed by atoms with E-state index in [0.29, 0.717) is 0 Å². The van der Waals surface area contributed by atoms with Crippen LogP contribution < -0.4 is 9.64 Å². The fourth-order valence-electron chi connectivity index (χ4n) is 11.2. The van der Waals surface area contributed by atoms with E-state index in [2.05, 4.69) is 230 Å². The Hall–Kier alpha value is -7.62. The van der Waals surface area contributed by atoms with Crippen LogP contribution in [0.25, 0.3) is 49.7 Å². The van der Waals surface area contributed by atoms with Gasteiger partial charge >= 0.3 is 0 Å². The van der Waals surface area contributed by atoms with Crippen molar-refractivity contribution in [3.8, 4) is 39.4 Å². The van der Waals surface area contributed by atoms with Crippen LogP contribution in [0.2, 0.25) is 0 Å². The number of para-hydroxylation sites is 5. The molecule has 1 unspecified atom stereocenters. The minimum absolute atomic E-state index is 0.0941. The van der Waals surface area contributed by atoms with Gasteiger partial charge in [-0.25, -0.2) is 0 Å². The molecule has 0 saturated carbocycles. The van der Waals surface area contributed by atoms with Gasteiger partial charge in [-0.3, -0.25) is 0 Å². The van der Waals surface area contributed by atoms with Gasteiger partial charge in [0.15, 0.2) is 0 Å². The monoisotopic (exact) mass is 780 g/mol. The molecular formula is C58H40N2O. The zero-order valence-corrected chi connectivity index (χ0v) is 33.9. The fraction of sp³-hybridized carbons (Fsp3) is 0.0690. The van der Waals surface area contributed by atoms with Crippen molar-refractivity contribution < 1.29 is 4.74 Å². The lowest BCUT2D eigenvalue weighted by atomic mass is 9.61. The molecule has 2 aliphatic heterocycles. The number of anilines is 3. The number of hydrogen-bond acceptors (Lipinski definition) is 2. The van der Waals surface area contributed by atoms with Gasteiger partial charge in [0.25, 0.3) is 0 Å². The van der Waals surface area contributed by atoms with Crippen LogP contribution in [-0.4, -0.2) is 4.57 Å². The number of benzene rings is 9. The average molecular weight is 781 g/mol. The number of ether oxygens (including phenoxy) is 1. The van der Waals surface area contributed by atoms with E-state index in [1.54, 1.807) is 0 Å². The Morgan fingerprint density at radius 1 is 0.410 bits per heavy atom. The molecule has 1 aliphatic carbocycles. The fourth-order valence-corrected chi connectivity index (χ4v) is 11.2. The van der Waals surface area contributed by atoms with Crippen LogP contribution in [-0.2, 0) is 10.8 Å². The third-order valence-electron chi connectivity index (χ3n) is 13.8. The van der Waals surface area contributed by atoms with E-state index in [0.717, 1.165) is 50.8 Å². The highest BCUT2D eigenvalue weighted by atomic mass is 16.5. The highest BCUT2D eigenvalue weighted by Gasteiger charge is 2.50. The molecule has 13 rings (SSSR count). The molecule has 3 nitrogen and oxygen atoms in total. The van der Waals surface area contributed by atoms with Crippen LogP contribution >= 0.6 is 0 Å². The Morgan fingerprint density at radius 2 is 1.03 bits per heavy atom. The van der Waals surface area contributed by atoms with Crippen LogP contribution in [0.15, 0.2) is 206 Å². The summed E-state index contributed by atoms with van der Waals surface area (Å²) in [5, 5.41) is 2.53. The van der Waals surface area contributed by atoms with Crippen molar-refractivity contribution in [3.05, 3.63) is 240 Å². The molecule has 0 radical (unpaired) electrons. The summed E-state index contributed by atoms with van der Waals surface area (Å²) in [4.78, 5) is 2.38. The summed E-state index contributed by atoms with van der Waals surface area (Å²) in [6.07, 6.45) is 0. The maximum atomic E-state index is 6.86. The Balaban J connectivity index is 0.981. The van der Waals surface area contributed by atoms with Gasteiger partial charge in [0, 0.05) is 44.4 Å². The van der Waals surface area contributed by atoms with Gasteiger partial charge in [0.2, 0.25) is 0 Å². The second-order valence-electron chi connectivity index (χ2n) is 17.2. The summed E-state index contributed by atoms with van der Waals surface area (Å²) in [6.45, 7) is 4.70. The van der Waals surface area contributed by atoms with Gasteiger partial charge in [0.05, 0.1) is 22.1 Å². The molecule has 288 valence electrons. The van der Waals surface area contributed by atoms with E-state index >= 15 is 0 Å². The van der Waals surface area contributed by atoms with Crippen LogP contribution in [0, 0.1) is 0 Å². The van der Waals surface area contributed by atoms with Gasteiger partial charge in [-0.05, 0) is 111 Å². The minimum atomic E-state index is -0.619. The number of nitrogens with zero attached hydrogens (tertiary/aromatic N) is 2. The van der Waals surface area contributed by atoms with Crippen molar-refractivity contribution in [2.45, 2.75) is 24.7 Å². The molecule has 3 heterocycles. The molecule has 0 fully saturated rings. The molecule has 0 saturated heterocycles. The van der Waals surface area contributed by atoms with E-state index in [4.69, 9.17) is 4.74 Å². The number of hydrogen-bond donors (Lipinski definition) is 0. The van der Waals surface area contributed by atoms with E-state index < -0.39 is 5.41 Å². The second-order valence-corrected chi connectivity index (χ2v) is 17.2. The Morgan fingerprint density at radius 3 is 1.90 bits per heavy atom. The number of fused-ring (bicyclic) bond motifs is 14. The minimum Gasteiger partial charge on any atom is -0.457 e. The van der Waals surface area contributed by atoms with Gasteiger partial charge in [-0.1, -0.05) is 153 Å². The summed E-state index contributed by atoms with van der Waals surface area (Å²) >= 11 is 0. The maximum Gasteiger partial charge on any atom is 0.132 e. The zero-order chi connectivity index (χ0) is 40.5. The normalized spacial score (nSPS) is 16.0. The molecular weight excluding hydrogens is 741 g/mol. The first-order chi connectivity index (χ1) is 30.0. The Bertz CT molecular complexity index is 3430. The molecule has 9 aromatic carbocycles. The smallest absolute Gasteiger partial charge is 0.132 e. The molecule has 0 amide bonds. The van der Waals surface area contributed by atoms with Crippen molar-refractivity contribution >= 4 is 38.9 Å². The lowest BCUT2D eigenvalue weighted by molar-refractivity contribution is 0.434. The lowest BCUT2D eigenvalue weighted by Crippen LogP contribution is -2.37. The first-order valence-corrected chi connectivity index (χ1v) is 21.3. The molecule has 1 spiro atoms. The number of rotatable bonds is 4. The highest BCUT2D eigenvalue weighted by Crippen LogP contribution is 2.61. The lowest BCUT2D eigenvalue weighted by Gasteiger charge is -2.45. The molecule has 1 aromatic heterocycles. The van der Waals surface area contributed by atoms with Crippen molar-refractivity contribution in [1.82, 2.24) is 4.57 Å². The molecule has 10 aromatic rings. The van der Waals surface area contributed by atoms with Crippen LogP contribution in [0.5, 0.6) is 11.5 Å². The topological polar surface area (TPSA) is 17.4 Å². The van der Waals surface area contributed by atoms with Crippen LogP contribution in [0.3, 0.4) is 0 Å². The summed E-state index contributed by atoms with van der Waals surface area (Å²) < 4.78 is 9.34. The largest absolute Gasteiger partial charge is 0.457 e. The van der Waals surface area contributed by atoms with Crippen molar-refractivity contribution in [1.29, 1.82) is 0 Å². The van der Waals surface area contributed by atoms with Gasteiger partial charge in [-0.2, -0.15) is 0 Å². The summed E-state index contributed by atoms with van der Waals surface area (Å²) in [6, 6.07) is 75.8. The van der Waals surface area contributed by atoms with Gasteiger partial charge in [-0.15, -0.1) is 0 Å². The summed E-state index contributed by atoms with van der Waals surface area (Å²) in [7, 11) is 0. The summed E-state index contributed by atoms with van der Waals surface area (Å²) in [5.74, 6) is 1.77. The summed E-state index contributed by atoms with van der Waals surface area (Å²) in [5.41, 5.74) is 18.8.